The summed E-state index contributed by atoms with van der Waals surface area (Å²) >= 11 is 0. The summed E-state index contributed by atoms with van der Waals surface area (Å²) < 4.78 is 0. The van der Waals surface area contributed by atoms with Crippen LogP contribution < -0.4 is 11.1 Å². The highest BCUT2D eigenvalue weighted by Gasteiger charge is 2.16. The minimum atomic E-state index is -0.111. The third-order valence-corrected chi connectivity index (χ3v) is 2.89. The molecule has 0 spiro atoms. The number of nitrogens with two attached hydrogens (primary N) is 1. The van der Waals surface area contributed by atoms with Crippen molar-refractivity contribution in [1.29, 1.82) is 0 Å². The summed E-state index contributed by atoms with van der Waals surface area (Å²) in [5.41, 5.74) is 5.56. The van der Waals surface area contributed by atoms with Gasteiger partial charge in [0, 0.05) is 20.0 Å². The van der Waals surface area contributed by atoms with Gasteiger partial charge in [-0.3, -0.25) is 9.59 Å². The number of likely N-dealkylation sites (N-methyl/N-ethyl adjacent to an activating group) is 1. The lowest BCUT2D eigenvalue weighted by Gasteiger charge is -2.20. The van der Waals surface area contributed by atoms with Crippen LogP contribution in [0.5, 0.6) is 0 Å². The van der Waals surface area contributed by atoms with Gasteiger partial charge in [-0.05, 0) is 18.4 Å². The molecular weight excluding hydrogens is 230 g/mol. The van der Waals surface area contributed by atoms with Gasteiger partial charge in [0.25, 0.3) is 0 Å². The van der Waals surface area contributed by atoms with Gasteiger partial charge in [-0.15, -0.1) is 0 Å². The van der Waals surface area contributed by atoms with E-state index in [0.29, 0.717) is 25.4 Å². The van der Waals surface area contributed by atoms with Crippen molar-refractivity contribution in [3.63, 3.8) is 0 Å². The van der Waals surface area contributed by atoms with Gasteiger partial charge in [0.05, 0.1) is 6.54 Å². The normalized spacial score (nSPS) is 12.3. The number of carbonyl (C=O) groups excluding carboxylic acids is 2. The molecule has 0 aliphatic carbocycles. The van der Waals surface area contributed by atoms with Crippen molar-refractivity contribution in [3.8, 4) is 0 Å². The maximum atomic E-state index is 11.8. The van der Waals surface area contributed by atoms with E-state index < -0.39 is 0 Å². The number of hydrogen-bond donors (Lipinski definition) is 2. The minimum Gasteiger partial charge on any atom is -0.354 e. The van der Waals surface area contributed by atoms with Gasteiger partial charge in [0.15, 0.2) is 0 Å². The van der Waals surface area contributed by atoms with E-state index in [2.05, 4.69) is 5.32 Å². The van der Waals surface area contributed by atoms with E-state index in [-0.39, 0.29) is 24.3 Å². The average molecular weight is 257 g/mol. The summed E-state index contributed by atoms with van der Waals surface area (Å²) in [5.74, 6) is 0.489. The molecule has 0 aliphatic heterocycles. The molecule has 0 aromatic rings. The number of hydrogen-bond acceptors (Lipinski definition) is 3. The van der Waals surface area contributed by atoms with E-state index in [4.69, 9.17) is 5.73 Å². The van der Waals surface area contributed by atoms with Crippen molar-refractivity contribution in [2.45, 2.75) is 33.6 Å². The fourth-order valence-corrected chi connectivity index (χ4v) is 1.47. The van der Waals surface area contributed by atoms with E-state index in [1.54, 1.807) is 7.05 Å². The molecule has 0 saturated heterocycles. The molecule has 2 amide bonds. The van der Waals surface area contributed by atoms with Crippen LogP contribution in [0.25, 0.3) is 0 Å². The van der Waals surface area contributed by atoms with Gasteiger partial charge in [-0.25, -0.2) is 0 Å². The highest BCUT2D eigenvalue weighted by Crippen LogP contribution is 2.07. The molecular formula is C13H27N3O2. The molecule has 0 bridgehead atoms. The highest BCUT2D eigenvalue weighted by molar-refractivity contribution is 5.84. The van der Waals surface area contributed by atoms with Crippen LogP contribution in [0.1, 0.15) is 33.6 Å². The molecule has 5 heteroatoms. The zero-order valence-electron chi connectivity index (χ0n) is 12.0. The standard InChI is InChI=1S/C13H27N3O2/c1-5-11(7-14)6-13(18)16(4)9-12(17)15-8-10(2)3/h10-11H,5-9,14H2,1-4H3,(H,15,17). The van der Waals surface area contributed by atoms with Gasteiger partial charge in [-0.2, -0.15) is 0 Å². The fourth-order valence-electron chi connectivity index (χ4n) is 1.47. The highest BCUT2D eigenvalue weighted by atomic mass is 16.2. The topological polar surface area (TPSA) is 75.4 Å². The lowest BCUT2D eigenvalue weighted by Crippen LogP contribution is -2.40. The van der Waals surface area contributed by atoms with E-state index in [1.165, 1.54) is 4.90 Å². The Kier molecular flexibility index (Phi) is 8.37. The van der Waals surface area contributed by atoms with E-state index >= 15 is 0 Å². The second-order valence-corrected chi connectivity index (χ2v) is 5.16. The number of nitrogens with zero attached hydrogens (tertiary/aromatic N) is 1. The van der Waals surface area contributed by atoms with Crippen LogP contribution in [0.2, 0.25) is 0 Å². The van der Waals surface area contributed by atoms with Crippen molar-refractivity contribution in [3.05, 3.63) is 0 Å². The van der Waals surface area contributed by atoms with Crippen molar-refractivity contribution in [2.75, 3.05) is 26.7 Å². The summed E-state index contributed by atoms with van der Waals surface area (Å²) in [4.78, 5) is 24.9. The summed E-state index contributed by atoms with van der Waals surface area (Å²) in [7, 11) is 1.65. The van der Waals surface area contributed by atoms with Crippen LogP contribution in [0.3, 0.4) is 0 Å². The Hall–Kier alpha value is -1.10. The average Bonchev–Trinajstić information content (AvgIpc) is 2.32. The zero-order chi connectivity index (χ0) is 14.1. The predicted octanol–water partition coefficient (Wildman–Crippen LogP) is 0.592. The Morgan fingerprint density at radius 2 is 1.94 bits per heavy atom. The number of carbonyl (C=O) groups is 2. The largest absolute Gasteiger partial charge is 0.354 e. The third kappa shape index (κ3) is 7.27. The lowest BCUT2D eigenvalue weighted by atomic mass is 10.0. The molecule has 0 fully saturated rings. The summed E-state index contributed by atoms with van der Waals surface area (Å²) in [6, 6.07) is 0. The van der Waals surface area contributed by atoms with Crippen LogP contribution in [0, 0.1) is 11.8 Å². The minimum absolute atomic E-state index is 0.0213. The Labute approximate surface area is 110 Å². The Balaban J connectivity index is 4.03. The predicted molar refractivity (Wildman–Crippen MR) is 72.9 cm³/mol. The first kappa shape index (κ1) is 16.9. The molecule has 18 heavy (non-hydrogen) atoms. The van der Waals surface area contributed by atoms with Crippen molar-refractivity contribution in [2.24, 2.45) is 17.6 Å². The molecule has 0 heterocycles. The van der Waals surface area contributed by atoms with Crippen molar-refractivity contribution in [1.82, 2.24) is 10.2 Å². The first-order valence-electron chi connectivity index (χ1n) is 6.61. The molecule has 0 saturated carbocycles. The van der Waals surface area contributed by atoms with E-state index in [0.717, 1.165) is 6.42 Å². The number of nitrogens with one attached hydrogen (secondary N) is 1. The fraction of sp³-hybridized carbons (Fsp3) is 0.846. The maximum Gasteiger partial charge on any atom is 0.239 e. The van der Waals surface area contributed by atoms with Gasteiger partial charge in [0.1, 0.15) is 0 Å². The lowest BCUT2D eigenvalue weighted by molar-refractivity contribution is -0.135. The molecule has 0 rings (SSSR count). The van der Waals surface area contributed by atoms with Crippen molar-refractivity contribution < 1.29 is 9.59 Å². The summed E-state index contributed by atoms with van der Waals surface area (Å²) in [5, 5.41) is 2.79. The molecule has 0 aliphatic rings. The summed E-state index contributed by atoms with van der Waals surface area (Å²) in [6.07, 6.45) is 1.30. The van der Waals surface area contributed by atoms with Crippen LogP contribution in [-0.2, 0) is 9.59 Å². The first-order chi connectivity index (χ1) is 8.40. The van der Waals surface area contributed by atoms with Crippen molar-refractivity contribution >= 4 is 11.8 Å². The second-order valence-electron chi connectivity index (χ2n) is 5.16. The third-order valence-electron chi connectivity index (χ3n) is 2.89. The molecule has 3 N–H and O–H groups in total. The zero-order valence-corrected chi connectivity index (χ0v) is 12.0. The van der Waals surface area contributed by atoms with Gasteiger partial charge >= 0.3 is 0 Å². The molecule has 5 nitrogen and oxygen atoms in total. The van der Waals surface area contributed by atoms with Crippen LogP contribution in [0.4, 0.5) is 0 Å². The quantitative estimate of drug-likeness (QED) is 0.668. The second kappa shape index (κ2) is 8.91. The molecule has 1 unspecified atom stereocenters. The van der Waals surface area contributed by atoms with Crippen LogP contribution in [-0.4, -0.2) is 43.4 Å². The van der Waals surface area contributed by atoms with Crippen LogP contribution in [0.15, 0.2) is 0 Å². The molecule has 0 radical (unpaired) electrons. The molecule has 0 aromatic heterocycles. The number of amides is 2. The maximum absolute atomic E-state index is 11.8. The Morgan fingerprint density at radius 1 is 1.33 bits per heavy atom. The molecule has 1 atom stereocenters. The smallest absolute Gasteiger partial charge is 0.239 e. The summed E-state index contributed by atoms with van der Waals surface area (Å²) in [6.45, 7) is 7.34. The van der Waals surface area contributed by atoms with Gasteiger partial charge < -0.3 is 16.0 Å². The molecule has 0 aromatic carbocycles. The van der Waals surface area contributed by atoms with Gasteiger partial charge in [0.2, 0.25) is 11.8 Å². The monoisotopic (exact) mass is 257 g/mol. The van der Waals surface area contributed by atoms with Crippen LogP contribution >= 0.6 is 0 Å². The van der Waals surface area contributed by atoms with Gasteiger partial charge in [-0.1, -0.05) is 27.2 Å². The number of rotatable bonds is 8. The first-order valence-corrected chi connectivity index (χ1v) is 6.61. The van der Waals surface area contributed by atoms with E-state index in [9.17, 15) is 9.59 Å². The Bertz CT molecular complexity index is 263. The SMILES string of the molecule is CCC(CN)CC(=O)N(C)CC(=O)NCC(C)C. The Morgan fingerprint density at radius 3 is 2.39 bits per heavy atom. The molecule has 106 valence electrons. The van der Waals surface area contributed by atoms with E-state index in [1.807, 2.05) is 20.8 Å².